The maximum absolute atomic E-state index is 11.0. The molecule has 0 aliphatic rings. The second-order valence-corrected chi connectivity index (χ2v) is 5.43. The number of H-pyrrole nitrogens is 1. The minimum atomic E-state index is -0.924. The summed E-state index contributed by atoms with van der Waals surface area (Å²) in [5.74, 6) is 0.463. The number of carboxylic acid groups (broad SMARTS) is 1. The smallest absolute Gasteiger partial charge is 0.332 e. The molecule has 0 radical (unpaired) electrons. The molecule has 114 valence electrons. The molecular weight excluding hydrogens is 292 g/mol. The van der Waals surface area contributed by atoms with E-state index < -0.39 is 12.1 Å². The summed E-state index contributed by atoms with van der Waals surface area (Å²) in [5, 5.41) is 9.76. The number of thioether (sulfide) groups is 1. The molecule has 21 heavy (non-hydrogen) atoms. The molecular formula is C14H18N2O4S. The largest absolute Gasteiger partial charge is 0.497 e. The van der Waals surface area contributed by atoms with Crippen LogP contribution in [0.15, 0.2) is 23.4 Å². The third-order valence-electron chi connectivity index (χ3n) is 2.93. The van der Waals surface area contributed by atoms with Gasteiger partial charge in [-0.25, -0.2) is 9.78 Å². The fraction of sp³-hybridized carbons (Fsp3) is 0.429. The lowest BCUT2D eigenvalue weighted by atomic mass is 10.3. The first kappa shape index (κ1) is 15.7. The molecule has 2 aromatic rings. The highest BCUT2D eigenvalue weighted by molar-refractivity contribution is 7.99. The first-order chi connectivity index (χ1) is 10.1. The standard InChI is InChI=1S/C14H18N2O4S/c1-3-20-12(13(17)18)6-7-21-14-15-10-5-4-9(19-2)8-11(10)16-14/h4-5,8,12H,3,6-7H2,1-2H3,(H,15,16)(H,17,18). The van der Waals surface area contributed by atoms with Crippen LogP contribution >= 0.6 is 11.8 Å². The van der Waals surface area contributed by atoms with Crippen molar-refractivity contribution < 1.29 is 19.4 Å². The molecule has 0 aliphatic heterocycles. The van der Waals surface area contributed by atoms with Gasteiger partial charge in [-0.05, 0) is 25.5 Å². The summed E-state index contributed by atoms with van der Waals surface area (Å²) >= 11 is 1.48. The summed E-state index contributed by atoms with van der Waals surface area (Å²) in [5.41, 5.74) is 1.76. The van der Waals surface area contributed by atoms with Crippen LogP contribution in [-0.2, 0) is 9.53 Å². The van der Waals surface area contributed by atoms with E-state index in [2.05, 4.69) is 9.97 Å². The van der Waals surface area contributed by atoms with Crippen LogP contribution in [0.2, 0.25) is 0 Å². The number of hydrogen-bond donors (Lipinski definition) is 2. The van der Waals surface area contributed by atoms with E-state index in [4.69, 9.17) is 14.6 Å². The van der Waals surface area contributed by atoms with Gasteiger partial charge in [-0.3, -0.25) is 0 Å². The number of ether oxygens (including phenoxy) is 2. The highest BCUT2D eigenvalue weighted by Gasteiger charge is 2.17. The summed E-state index contributed by atoms with van der Waals surface area (Å²) in [6.45, 7) is 2.18. The molecule has 0 saturated carbocycles. The topological polar surface area (TPSA) is 84.4 Å². The summed E-state index contributed by atoms with van der Waals surface area (Å²) in [4.78, 5) is 18.6. The van der Waals surface area contributed by atoms with Crippen LogP contribution in [0.25, 0.3) is 11.0 Å². The van der Waals surface area contributed by atoms with Gasteiger partial charge < -0.3 is 19.6 Å². The van der Waals surface area contributed by atoms with E-state index in [0.29, 0.717) is 18.8 Å². The number of imidazole rings is 1. The quantitative estimate of drug-likeness (QED) is 0.729. The molecule has 0 saturated heterocycles. The van der Waals surface area contributed by atoms with Crippen LogP contribution in [0.3, 0.4) is 0 Å². The molecule has 1 aromatic carbocycles. The number of aliphatic carboxylic acids is 1. The average molecular weight is 310 g/mol. The highest BCUT2D eigenvalue weighted by atomic mass is 32.2. The van der Waals surface area contributed by atoms with E-state index in [1.165, 1.54) is 11.8 Å². The number of fused-ring (bicyclic) bond motifs is 1. The van der Waals surface area contributed by atoms with Crippen molar-refractivity contribution in [3.63, 3.8) is 0 Å². The van der Waals surface area contributed by atoms with Gasteiger partial charge >= 0.3 is 5.97 Å². The first-order valence-electron chi connectivity index (χ1n) is 6.65. The Balaban J connectivity index is 1.95. The summed E-state index contributed by atoms with van der Waals surface area (Å²) < 4.78 is 10.3. The summed E-state index contributed by atoms with van der Waals surface area (Å²) in [6, 6.07) is 5.62. The lowest BCUT2D eigenvalue weighted by molar-refractivity contribution is -0.150. The minimum absolute atomic E-state index is 0.395. The van der Waals surface area contributed by atoms with E-state index >= 15 is 0 Å². The third-order valence-corrected chi connectivity index (χ3v) is 3.84. The van der Waals surface area contributed by atoms with Crippen molar-refractivity contribution in [3.8, 4) is 5.75 Å². The Kier molecular flexibility index (Phi) is 5.46. The molecule has 7 heteroatoms. The number of carbonyl (C=O) groups is 1. The third kappa shape index (κ3) is 4.12. The molecule has 0 amide bonds. The van der Waals surface area contributed by atoms with Crippen molar-refractivity contribution in [1.29, 1.82) is 0 Å². The zero-order valence-electron chi connectivity index (χ0n) is 12.0. The predicted octanol–water partition coefficient (Wildman–Crippen LogP) is 2.54. The van der Waals surface area contributed by atoms with Gasteiger partial charge in [0.1, 0.15) is 5.75 Å². The van der Waals surface area contributed by atoms with Crippen LogP contribution in [0.1, 0.15) is 13.3 Å². The van der Waals surface area contributed by atoms with E-state index in [1.54, 1.807) is 14.0 Å². The number of rotatable bonds is 8. The average Bonchev–Trinajstić information content (AvgIpc) is 2.87. The minimum Gasteiger partial charge on any atom is -0.497 e. The maximum Gasteiger partial charge on any atom is 0.332 e. The highest BCUT2D eigenvalue weighted by Crippen LogP contribution is 2.23. The van der Waals surface area contributed by atoms with Gasteiger partial charge in [0.05, 0.1) is 18.1 Å². The fourth-order valence-corrected chi connectivity index (χ4v) is 2.77. The van der Waals surface area contributed by atoms with Gasteiger partial charge in [0.25, 0.3) is 0 Å². The zero-order chi connectivity index (χ0) is 15.2. The Hall–Kier alpha value is -1.73. The molecule has 0 aliphatic carbocycles. The lowest BCUT2D eigenvalue weighted by Crippen LogP contribution is -2.24. The Morgan fingerprint density at radius 2 is 2.33 bits per heavy atom. The molecule has 1 unspecified atom stereocenters. The van der Waals surface area contributed by atoms with E-state index in [9.17, 15) is 4.79 Å². The Morgan fingerprint density at radius 1 is 1.52 bits per heavy atom. The Morgan fingerprint density at radius 3 is 3.00 bits per heavy atom. The number of hydrogen-bond acceptors (Lipinski definition) is 5. The summed E-state index contributed by atoms with van der Waals surface area (Å²) in [6.07, 6.45) is -0.319. The molecule has 1 atom stereocenters. The maximum atomic E-state index is 11.0. The van der Waals surface area contributed by atoms with E-state index in [0.717, 1.165) is 21.9 Å². The molecule has 1 aromatic heterocycles. The molecule has 6 nitrogen and oxygen atoms in total. The number of nitrogens with zero attached hydrogens (tertiary/aromatic N) is 1. The van der Waals surface area contributed by atoms with Crippen molar-refractivity contribution in [1.82, 2.24) is 9.97 Å². The fourth-order valence-electron chi connectivity index (χ4n) is 1.90. The van der Waals surface area contributed by atoms with E-state index in [1.807, 2.05) is 18.2 Å². The van der Waals surface area contributed by atoms with Crippen LogP contribution in [0.4, 0.5) is 0 Å². The number of benzene rings is 1. The molecule has 0 fully saturated rings. The van der Waals surface area contributed by atoms with Gasteiger partial charge in [0, 0.05) is 18.4 Å². The van der Waals surface area contributed by atoms with Crippen LogP contribution in [0, 0.1) is 0 Å². The van der Waals surface area contributed by atoms with Crippen molar-refractivity contribution in [2.75, 3.05) is 19.5 Å². The van der Waals surface area contributed by atoms with E-state index in [-0.39, 0.29) is 0 Å². The summed E-state index contributed by atoms with van der Waals surface area (Å²) in [7, 11) is 1.62. The number of methoxy groups -OCH3 is 1. The van der Waals surface area contributed by atoms with Gasteiger partial charge in [-0.15, -0.1) is 0 Å². The molecule has 0 bridgehead atoms. The van der Waals surface area contributed by atoms with Gasteiger partial charge in [0.2, 0.25) is 0 Å². The second kappa shape index (κ2) is 7.33. The van der Waals surface area contributed by atoms with Crippen molar-refractivity contribution in [2.45, 2.75) is 24.6 Å². The van der Waals surface area contributed by atoms with Gasteiger partial charge in [-0.1, -0.05) is 11.8 Å². The van der Waals surface area contributed by atoms with Crippen molar-refractivity contribution in [2.24, 2.45) is 0 Å². The number of nitrogens with one attached hydrogen (secondary N) is 1. The molecule has 2 N–H and O–H groups in total. The number of aromatic amines is 1. The monoisotopic (exact) mass is 310 g/mol. The SMILES string of the molecule is CCOC(CCSc1nc2ccc(OC)cc2[nH]1)C(=O)O. The lowest BCUT2D eigenvalue weighted by Gasteiger charge is -2.10. The van der Waals surface area contributed by atoms with Crippen molar-refractivity contribution >= 4 is 28.8 Å². The van der Waals surface area contributed by atoms with Gasteiger partial charge in [0.15, 0.2) is 11.3 Å². The molecule has 0 spiro atoms. The number of aromatic nitrogens is 2. The number of carboxylic acids is 1. The molecule has 1 heterocycles. The van der Waals surface area contributed by atoms with Crippen LogP contribution in [0.5, 0.6) is 5.75 Å². The zero-order valence-corrected chi connectivity index (χ0v) is 12.8. The Labute approximate surface area is 126 Å². The first-order valence-corrected chi connectivity index (χ1v) is 7.63. The normalized spacial score (nSPS) is 12.5. The van der Waals surface area contributed by atoms with Crippen LogP contribution < -0.4 is 4.74 Å². The van der Waals surface area contributed by atoms with Crippen LogP contribution in [-0.4, -0.2) is 46.6 Å². The second-order valence-electron chi connectivity index (χ2n) is 4.34. The molecule has 2 rings (SSSR count). The Bertz CT molecular complexity index is 614. The predicted molar refractivity (Wildman–Crippen MR) is 81.0 cm³/mol. The van der Waals surface area contributed by atoms with Crippen molar-refractivity contribution in [3.05, 3.63) is 18.2 Å². The van der Waals surface area contributed by atoms with Gasteiger partial charge in [-0.2, -0.15) is 0 Å².